The van der Waals surface area contributed by atoms with Crippen LogP contribution in [-0.4, -0.2) is 22.4 Å². The fourth-order valence-corrected chi connectivity index (χ4v) is 2.35. The van der Waals surface area contributed by atoms with Crippen LogP contribution in [0.15, 0.2) is 12.1 Å². The van der Waals surface area contributed by atoms with Crippen molar-refractivity contribution in [1.82, 2.24) is 15.3 Å². The second-order valence-corrected chi connectivity index (χ2v) is 5.18. The van der Waals surface area contributed by atoms with Crippen molar-refractivity contribution in [2.75, 3.05) is 6.54 Å². The summed E-state index contributed by atoms with van der Waals surface area (Å²) in [4.78, 5) is 17.8. The highest BCUT2D eigenvalue weighted by Crippen LogP contribution is 2.17. The molecule has 4 nitrogen and oxygen atoms in total. The Kier molecular flexibility index (Phi) is 4.89. The molecule has 1 amide bonds. The zero-order valence-electron chi connectivity index (χ0n) is 11.4. The molecule has 0 saturated carbocycles. The van der Waals surface area contributed by atoms with E-state index in [9.17, 15) is 9.18 Å². The van der Waals surface area contributed by atoms with Gasteiger partial charge in [0, 0.05) is 6.54 Å². The largest absolute Gasteiger partial charge is 0.352 e. The van der Waals surface area contributed by atoms with E-state index in [-0.39, 0.29) is 11.5 Å². The summed E-state index contributed by atoms with van der Waals surface area (Å²) < 4.78 is 13.9. The number of H-pyrrole nitrogens is 2. The third kappa shape index (κ3) is 3.45. The lowest BCUT2D eigenvalue weighted by Gasteiger charge is -2.06. The molecule has 0 aliphatic heterocycles. The Morgan fingerprint density at radius 3 is 2.85 bits per heavy atom. The molecule has 0 aliphatic rings. The quantitative estimate of drug-likeness (QED) is 0.562. The first-order chi connectivity index (χ1) is 9.61. The van der Waals surface area contributed by atoms with Crippen molar-refractivity contribution in [2.24, 2.45) is 0 Å². The standard InChI is InChI=1S/C14H18FN3OS/c1-2-3-4-5-6-16-13(19)10-7-9(15)8-11-12(10)18-14(20)17-11/h7-8H,2-6H2,1H3,(H,16,19)(H2,17,18,20). The molecule has 20 heavy (non-hydrogen) atoms. The number of aromatic nitrogens is 2. The number of carbonyl (C=O) groups is 1. The van der Waals surface area contributed by atoms with Crippen molar-refractivity contribution in [3.63, 3.8) is 0 Å². The van der Waals surface area contributed by atoms with E-state index in [0.29, 0.717) is 22.3 Å². The third-order valence-electron chi connectivity index (χ3n) is 3.15. The molecule has 0 atom stereocenters. The molecule has 0 spiro atoms. The molecule has 0 aliphatic carbocycles. The maximum absolute atomic E-state index is 13.5. The number of halogens is 1. The molecule has 1 aromatic heterocycles. The van der Waals surface area contributed by atoms with Gasteiger partial charge in [0.05, 0.1) is 16.6 Å². The molecule has 108 valence electrons. The summed E-state index contributed by atoms with van der Waals surface area (Å²) in [5.74, 6) is -0.741. The number of unbranched alkanes of at least 4 members (excludes halogenated alkanes) is 3. The van der Waals surface area contributed by atoms with Crippen molar-refractivity contribution in [3.8, 4) is 0 Å². The second-order valence-electron chi connectivity index (χ2n) is 4.77. The SMILES string of the molecule is CCCCCCNC(=O)c1cc(F)cc2[nH]c(=S)[nH]c12. The first-order valence-electron chi connectivity index (χ1n) is 6.81. The maximum atomic E-state index is 13.5. The number of hydrogen-bond donors (Lipinski definition) is 3. The van der Waals surface area contributed by atoms with Gasteiger partial charge in [-0.25, -0.2) is 4.39 Å². The third-order valence-corrected chi connectivity index (χ3v) is 3.35. The number of nitrogens with one attached hydrogen (secondary N) is 3. The number of rotatable bonds is 6. The summed E-state index contributed by atoms with van der Waals surface area (Å²) in [5, 5.41) is 2.81. The van der Waals surface area contributed by atoms with Crippen LogP contribution in [0.1, 0.15) is 43.0 Å². The van der Waals surface area contributed by atoms with Gasteiger partial charge in [0.25, 0.3) is 5.91 Å². The van der Waals surface area contributed by atoms with Crippen molar-refractivity contribution >= 4 is 29.2 Å². The smallest absolute Gasteiger partial charge is 0.253 e. The van der Waals surface area contributed by atoms with Gasteiger partial charge in [0.15, 0.2) is 4.77 Å². The molecule has 1 heterocycles. The van der Waals surface area contributed by atoms with Gasteiger partial charge in [-0.1, -0.05) is 26.2 Å². The Labute approximate surface area is 121 Å². The van der Waals surface area contributed by atoms with E-state index >= 15 is 0 Å². The second kappa shape index (κ2) is 6.65. The highest BCUT2D eigenvalue weighted by molar-refractivity contribution is 7.71. The van der Waals surface area contributed by atoms with Crippen molar-refractivity contribution in [3.05, 3.63) is 28.3 Å². The summed E-state index contributed by atoms with van der Waals surface area (Å²) in [6, 6.07) is 2.54. The number of carbonyl (C=O) groups excluding carboxylic acids is 1. The molecule has 0 bridgehead atoms. The first-order valence-corrected chi connectivity index (χ1v) is 7.22. The first kappa shape index (κ1) is 14.7. The fraction of sp³-hybridized carbons (Fsp3) is 0.429. The number of benzene rings is 1. The average molecular weight is 295 g/mol. The van der Waals surface area contributed by atoms with Crippen molar-refractivity contribution in [1.29, 1.82) is 0 Å². The summed E-state index contributed by atoms with van der Waals surface area (Å²) in [6.07, 6.45) is 4.33. The van der Waals surface area contributed by atoms with Gasteiger partial charge in [0.1, 0.15) is 5.82 Å². The Bertz CT molecular complexity index is 662. The number of amides is 1. The van der Waals surface area contributed by atoms with Gasteiger partial charge in [-0.15, -0.1) is 0 Å². The minimum absolute atomic E-state index is 0.280. The van der Waals surface area contributed by atoms with Gasteiger partial charge in [-0.3, -0.25) is 4.79 Å². The highest BCUT2D eigenvalue weighted by Gasteiger charge is 2.13. The summed E-state index contributed by atoms with van der Waals surface area (Å²) in [5.41, 5.74) is 1.33. The minimum Gasteiger partial charge on any atom is -0.352 e. The summed E-state index contributed by atoms with van der Waals surface area (Å²) in [6.45, 7) is 2.73. The molecule has 6 heteroatoms. The van der Waals surface area contributed by atoms with Crippen LogP contribution < -0.4 is 5.32 Å². The Balaban J connectivity index is 2.11. The number of aromatic amines is 2. The van der Waals surface area contributed by atoms with Crippen molar-refractivity contribution in [2.45, 2.75) is 32.6 Å². The molecular formula is C14H18FN3OS. The van der Waals surface area contributed by atoms with Gasteiger partial charge < -0.3 is 15.3 Å². The minimum atomic E-state index is -0.459. The van der Waals surface area contributed by atoms with Crippen LogP contribution in [0, 0.1) is 10.6 Å². The average Bonchev–Trinajstić information content (AvgIpc) is 2.77. The molecule has 2 rings (SSSR count). The van der Waals surface area contributed by atoms with E-state index in [1.807, 2.05) is 0 Å². The van der Waals surface area contributed by atoms with E-state index in [1.54, 1.807) is 0 Å². The predicted molar refractivity (Wildman–Crippen MR) is 79.9 cm³/mol. The van der Waals surface area contributed by atoms with Crippen LogP contribution >= 0.6 is 12.2 Å². The molecule has 0 fully saturated rings. The van der Waals surface area contributed by atoms with E-state index in [2.05, 4.69) is 22.2 Å². The molecule has 0 radical (unpaired) electrons. The monoisotopic (exact) mass is 295 g/mol. The van der Waals surface area contributed by atoms with Crippen LogP contribution in [0.25, 0.3) is 11.0 Å². The molecule has 0 unspecified atom stereocenters. The molecular weight excluding hydrogens is 277 g/mol. The van der Waals surface area contributed by atoms with Crippen LogP contribution in [0.2, 0.25) is 0 Å². The zero-order chi connectivity index (χ0) is 14.5. The van der Waals surface area contributed by atoms with Gasteiger partial charge in [-0.05, 0) is 30.8 Å². The van der Waals surface area contributed by atoms with Gasteiger partial charge >= 0.3 is 0 Å². The van der Waals surface area contributed by atoms with Crippen LogP contribution in [-0.2, 0) is 0 Å². The van der Waals surface area contributed by atoms with Gasteiger partial charge in [-0.2, -0.15) is 0 Å². The van der Waals surface area contributed by atoms with E-state index in [4.69, 9.17) is 12.2 Å². The normalized spacial score (nSPS) is 10.9. The Morgan fingerprint density at radius 1 is 1.30 bits per heavy atom. The lowest BCUT2D eigenvalue weighted by atomic mass is 10.1. The van der Waals surface area contributed by atoms with Gasteiger partial charge in [0.2, 0.25) is 0 Å². The van der Waals surface area contributed by atoms with Crippen LogP contribution in [0.5, 0.6) is 0 Å². The topological polar surface area (TPSA) is 60.7 Å². The molecule has 1 aromatic carbocycles. The number of fused-ring (bicyclic) bond motifs is 1. The van der Waals surface area contributed by atoms with Crippen molar-refractivity contribution < 1.29 is 9.18 Å². The maximum Gasteiger partial charge on any atom is 0.253 e. The molecule has 2 aromatic rings. The highest BCUT2D eigenvalue weighted by atomic mass is 32.1. The van der Waals surface area contributed by atoms with E-state index < -0.39 is 5.82 Å². The Hall–Kier alpha value is -1.69. The summed E-state index contributed by atoms with van der Waals surface area (Å²) >= 11 is 4.97. The summed E-state index contributed by atoms with van der Waals surface area (Å²) in [7, 11) is 0. The fourth-order valence-electron chi connectivity index (χ4n) is 2.14. The Morgan fingerprint density at radius 2 is 2.10 bits per heavy atom. The molecule has 3 N–H and O–H groups in total. The zero-order valence-corrected chi connectivity index (χ0v) is 12.2. The lowest BCUT2D eigenvalue weighted by molar-refractivity contribution is 0.0954. The van der Waals surface area contributed by atoms with E-state index in [1.165, 1.54) is 12.1 Å². The van der Waals surface area contributed by atoms with Crippen LogP contribution in [0.4, 0.5) is 4.39 Å². The number of hydrogen-bond acceptors (Lipinski definition) is 2. The predicted octanol–water partition coefficient (Wildman–Crippen LogP) is 3.67. The number of imidazole rings is 1. The molecule has 0 saturated heterocycles. The van der Waals surface area contributed by atoms with E-state index in [0.717, 1.165) is 25.7 Å². The lowest BCUT2D eigenvalue weighted by Crippen LogP contribution is -2.24. The van der Waals surface area contributed by atoms with Crippen LogP contribution in [0.3, 0.4) is 0 Å².